The van der Waals surface area contributed by atoms with Gasteiger partial charge in [0, 0.05) is 6.26 Å². The van der Waals surface area contributed by atoms with E-state index in [9.17, 15) is 21.9 Å². The highest BCUT2D eigenvalue weighted by Crippen LogP contribution is 2.27. The van der Waals surface area contributed by atoms with Crippen molar-refractivity contribution in [3.63, 3.8) is 0 Å². The highest BCUT2D eigenvalue weighted by molar-refractivity contribution is 8.08. The van der Waals surface area contributed by atoms with E-state index in [2.05, 4.69) is 0 Å². The molecular formula is C9H13NO5S2. The van der Waals surface area contributed by atoms with Crippen LogP contribution in [-0.4, -0.2) is 33.3 Å². The van der Waals surface area contributed by atoms with E-state index in [0.717, 1.165) is 6.26 Å². The monoisotopic (exact) mass is 279 g/mol. The summed E-state index contributed by atoms with van der Waals surface area (Å²) in [4.78, 5) is 0. The predicted molar refractivity (Wildman–Crippen MR) is 65.1 cm³/mol. The quantitative estimate of drug-likeness (QED) is 0.779. The van der Waals surface area contributed by atoms with Gasteiger partial charge in [-0.2, -0.15) is 0 Å². The van der Waals surface area contributed by atoms with Crippen LogP contribution in [0.2, 0.25) is 0 Å². The van der Waals surface area contributed by atoms with Crippen LogP contribution in [0.3, 0.4) is 0 Å². The van der Waals surface area contributed by atoms with Crippen molar-refractivity contribution in [1.82, 2.24) is 0 Å². The Morgan fingerprint density at radius 3 is 2.35 bits per heavy atom. The highest BCUT2D eigenvalue weighted by atomic mass is 32.3. The Bertz CT molecular complexity index is 619. The molecule has 96 valence electrons. The molecule has 0 heterocycles. The molecule has 0 amide bonds. The molecular weight excluding hydrogens is 266 g/mol. The number of sulfonamides is 1. The van der Waals surface area contributed by atoms with Gasteiger partial charge in [0.2, 0.25) is 10.0 Å². The van der Waals surface area contributed by atoms with Crippen molar-refractivity contribution >= 4 is 25.5 Å². The van der Waals surface area contributed by atoms with Crippen molar-refractivity contribution in [2.45, 2.75) is 6.92 Å². The van der Waals surface area contributed by atoms with Crippen molar-refractivity contribution in [3.05, 3.63) is 23.8 Å². The Labute approximate surface area is 100 Å². The molecule has 0 bridgehead atoms. The molecule has 6 nitrogen and oxygen atoms in total. The van der Waals surface area contributed by atoms with Crippen LogP contribution in [0.5, 0.6) is 5.75 Å². The van der Waals surface area contributed by atoms with Crippen molar-refractivity contribution in [2.75, 3.05) is 16.1 Å². The van der Waals surface area contributed by atoms with E-state index in [-0.39, 0.29) is 11.4 Å². The topological polar surface area (TPSA) is 101 Å². The third-order valence-electron chi connectivity index (χ3n) is 1.87. The second-order valence-electron chi connectivity index (χ2n) is 3.73. The predicted octanol–water partition coefficient (Wildman–Crippen LogP) is 0.444. The minimum Gasteiger partial charge on any atom is -0.505 e. The van der Waals surface area contributed by atoms with Crippen molar-refractivity contribution in [3.8, 4) is 5.75 Å². The molecule has 0 unspecified atom stereocenters. The first-order valence-corrected chi connectivity index (χ1v) is 8.29. The average molecular weight is 279 g/mol. The van der Waals surface area contributed by atoms with Gasteiger partial charge in [0.15, 0.2) is 14.9 Å². The van der Waals surface area contributed by atoms with Gasteiger partial charge in [0.1, 0.15) is 5.75 Å². The standard InChI is InChI=1S/C9H13NO5S2/c1-7-4-3-5-8(9(7)11)10-17(14,15)6-16(2,12)13/h3-5,10-11H,6H2,1-2H3. The maximum Gasteiger partial charge on any atom is 0.247 e. The van der Waals surface area contributed by atoms with Crippen LogP contribution in [0.1, 0.15) is 5.56 Å². The normalized spacial score (nSPS) is 12.4. The Kier molecular flexibility index (Phi) is 3.68. The zero-order valence-electron chi connectivity index (χ0n) is 9.34. The highest BCUT2D eigenvalue weighted by Gasteiger charge is 2.19. The molecule has 1 rings (SSSR count). The first kappa shape index (κ1) is 13.8. The molecule has 0 aliphatic carbocycles. The van der Waals surface area contributed by atoms with Crippen molar-refractivity contribution in [1.29, 1.82) is 0 Å². The summed E-state index contributed by atoms with van der Waals surface area (Å²) in [5.74, 6) is -0.218. The number of hydrogen-bond acceptors (Lipinski definition) is 5. The number of phenolic OH excluding ortho intramolecular Hbond substituents is 1. The van der Waals surface area contributed by atoms with Gasteiger partial charge < -0.3 is 5.11 Å². The van der Waals surface area contributed by atoms with Crippen LogP contribution in [-0.2, 0) is 19.9 Å². The molecule has 0 radical (unpaired) electrons. The van der Waals surface area contributed by atoms with Gasteiger partial charge in [-0.3, -0.25) is 4.72 Å². The lowest BCUT2D eigenvalue weighted by Crippen LogP contribution is -2.22. The molecule has 0 saturated heterocycles. The van der Waals surface area contributed by atoms with Crippen LogP contribution >= 0.6 is 0 Å². The van der Waals surface area contributed by atoms with E-state index in [0.29, 0.717) is 5.56 Å². The lowest BCUT2D eigenvalue weighted by Gasteiger charge is -2.09. The fourth-order valence-corrected chi connectivity index (χ4v) is 4.21. The summed E-state index contributed by atoms with van der Waals surface area (Å²) in [6.45, 7) is 1.60. The SMILES string of the molecule is Cc1cccc(NS(=O)(=O)CS(C)(=O)=O)c1O. The third kappa shape index (κ3) is 4.23. The fraction of sp³-hybridized carbons (Fsp3) is 0.333. The second-order valence-corrected chi connectivity index (χ2v) is 7.96. The van der Waals surface area contributed by atoms with E-state index in [4.69, 9.17) is 0 Å². The summed E-state index contributed by atoms with van der Waals surface area (Å²) in [5.41, 5.74) is 0.457. The lowest BCUT2D eigenvalue weighted by atomic mass is 10.2. The molecule has 17 heavy (non-hydrogen) atoms. The summed E-state index contributed by atoms with van der Waals surface area (Å²) < 4.78 is 46.8. The van der Waals surface area contributed by atoms with Crippen LogP contribution in [0.25, 0.3) is 0 Å². The average Bonchev–Trinajstić information content (AvgIpc) is 2.08. The Morgan fingerprint density at radius 1 is 1.24 bits per heavy atom. The smallest absolute Gasteiger partial charge is 0.247 e. The summed E-state index contributed by atoms with van der Waals surface area (Å²) >= 11 is 0. The number of aryl methyl sites for hydroxylation is 1. The maximum absolute atomic E-state index is 11.5. The summed E-state index contributed by atoms with van der Waals surface area (Å²) in [7, 11) is -7.69. The lowest BCUT2D eigenvalue weighted by molar-refractivity contribution is 0.473. The molecule has 1 aromatic rings. The van der Waals surface area contributed by atoms with E-state index in [1.165, 1.54) is 6.07 Å². The number of benzene rings is 1. The zero-order chi connectivity index (χ0) is 13.3. The van der Waals surface area contributed by atoms with E-state index < -0.39 is 24.9 Å². The molecule has 0 aliphatic heterocycles. The molecule has 1 aromatic carbocycles. The molecule has 8 heteroatoms. The molecule has 2 N–H and O–H groups in total. The number of sulfone groups is 1. The van der Waals surface area contributed by atoms with Gasteiger partial charge in [0.05, 0.1) is 5.69 Å². The molecule has 0 spiro atoms. The van der Waals surface area contributed by atoms with Crippen LogP contribution in [0.4, 0.5) is 5.69 Å². The largest absolute Gasteiger partial charge is 0.505 e. The Morgan fingerprint density at radius 2 is 1.82 bits per heavy atom. The van der Waals surface area contributed by atoms with E-state index in [1.54, 1.807) is 19.1 Å². The number of hydrogen-bond donors (Lipinski definition) is 2. The number of nitrogens with one attached hydrogen (secondary N) is 1. The number of rotatable bonds is 4. The molecule has 0 aliphatic rings. The van der Waals surface area contributed by atoms with Gasteiger partial charge in [-0.1, -0.05) is 12.1 Å². The number of phenols is 1. The summed E-state index contributed by atoms with van der Waals surface area (Å²) in [6, 6.07) is 4.50. The first-order chi connectivity index (χ1) is 7.61. The van der Waals surface area contributed by atoms with E-state index in [1.807, 2.05) is 4.72 Å². The zero-order valence-corrected chi connectivity index (χ0v) is 11.0. The number of anilines is 1. The van der Waals surface area contributed by atoms with E-state index >= 15 is 0 Å². The van der Waals surface area contributed by atoms with Crippen LogP contribution in [0, 0.1) is 6.92 Å². The molecule has 0 fully saturated rings. The van der Waals surface area contributed by atoms with Crippen LogP contribution in [0.15, 0.2) is 18.2 Å². The van der Waals surface area contributed by atoms with Gasteiger partial charge in [-0.25, -0.2) is 16.8 Å². The summed E-state index contributed by atoms with van der Waals surface area (Å²) in [6.07, 6.45) is 0.822. The molecule has 0 saturated carbocycles. The van der Waals surface area contributed by atoms with Gasteiger partial charge >= 0.3 is 0 Å². The van der Waals surface area contributed by atoms with Crippen LogP contribution < -0.4 is 4.72 Å². The minimum atomic E-state index is -4.03. The number of aromatic hydroxyl groups is 1. The maximum atomic E-state index is 11.5. The van der Waals surface area contributed by atoms with Gasteiger partial charge in [0.25, 0.3) is 0 Å². The Balaban J connectivity index is 3.03. The first-order valence-electron chi connectivity index (χ1n) is 4.57. The molecule has 0 aromatic heterocycles. The fourth-order valence-electron chi connectivity index (χ4n) is 1.22. The minimum absolute atomic E-state index is 0.0337. The molecule has 0 atom stereocenters. The Hall–Kier alpha value is -1.28. The third-order valence-corrected chi connectivity index (χ3v) is 5.36. The van der Waals surface area contributed by atoms with Gasteiger partial charge in [-0.05, 0) is 18.6 Å². The van der Waals surface area contributed by atoms with Gasteiger partial charge in [-0.15, -0.1) is 0 Å². The number of para-hydroxylation sites is 1. The van der Waals surface area contributed by atoms with Crippen molar-refractivity contribution in [2.24, 2.45) is 0 Å². The van der Waals surface area contributed by atoms with Crippen molar-refractivity contribution < 1.29 is 21.9 Å². The second kappa shape index (κ2) is 4.53. The summed E-state index contributed by atoms with van der Waals surface area (Å²) in [5, 5.41) is 8.56.